The van der Waals surface area contributed by atoms with E-state index in [1.807, 2.05) is 18.2 Å². The van der Waals surface area contributed by atoms with Gasteiger partial charge in [-0.1, -0.05) is 37.3 Å². The van der Waals surface area contributed by atoms with Crippen LogP contribution in [0, 0.1) is 5.92 Å². The Morgan fingerprint density at radius 1 is 1.24 bits per heavy atom. The maximum atomic E-state index is 11.8. The van der Waals surface area contributed by atoms with Gasteiger partial charge in [-0.25, -0.2) is 12.7 Å². The molecule has 3 nitrogen and oxygen atoms in total. The number of hydrogen-bond donors (Lipinski definition) is 0. The van der Waals surface area contributed by atoms with Crippen molar-refractivity contribution in [3.8, 4) is 0 Å². The zero-order chi connectivity index (χ0) is 12.5. The van der Waals surface area contributed by atoms with Gasteiger partial charge in [0.1, 0.15) is 0 Å². The molecular weight excluding hydrogens is 234 g/mol. The van der Waals surface area contributed by atoms with Gasteiger partial charge in [0.2, 0.25) is 10.0 Å². The Kier molecular flexibility index (Phi) is 3.54. The Bertz CT molecular complexity index is 469. The molecule has 0 amide bonds. The van der Waals surface area contributed by atoms with Gasteiger partial charge in [0.05, 0.1) is 5.75 Å². The number of nitrogens with zero attached hydrogens (tertiary/aromatic N) is 1. The highest BCUT2D eigenvalue weighted by molar-refractivity contribution is 7.89. The summed E-state index contributed by atoms with van der Waals surface area (Å²) in [7, 11) is -3.04. The van der Waals surface area contributed by atoms with E-state index in [1.165, 1.54) is 5.56 Å². The van der Waals surface area contributed by atoms with Gasteiger partial charge in [0.15, 0.2) is 0 Å². The minimum Gasteiger partial charge on any atom is -0.212 e. The second-order valence-electron chi connectivity index (χ2n) is 4.71. The van der Waals surface area contributed by atoms with E-state index in [0.717, 1.165) is 0 Å². The predicted molar refractivity (Wildman–Crippen MR) is 69.4 cm³/mol. The number of rotatable bonds is 3. The molecule has 0 saturated carbocycles. The molecule has 0 radical (unpaired) electrons. The van der Waals surface area contributed by atoms with Gasteiger partial charge in [0.25, 0.3) is 0 Å². The summed E-state index contributed by atoms with van der Waals surface area (Å²) in [5.74, 6) is 0.914. The fraction of sp³-hybridized carbons (Fsp3) is 0.538. The summed E-state index contributed by atoms with van der Waals surface area (Å²) in [5, 5.41) is 0. The van der Waals surface area contributed by atoms with Crippen molar-refractivity contribution in [1.82, 2.24) is 4.31 Å². The molecule has 1 heterocycles. The molecule has 1 fully saturated rings. The van der Waals surface area contributed by atoms with Crippen LogP contribution in [0.1, 0.15) is 25.3 Å². The first-order chi connectivity index (χ1) is 8.04. The lowest BCUT2D eigenvalue weighted by Gasteiger charge is -2.15. The smallest absolute Gasteiger partial charge is 0.212 e. The average Bonchev–Trinajstić information content (AvgIpc) is 2.73. The highest BCUT2D eigenvalue weighted by Gasteiger charge is 2.35. The lowest BCUT2D eigenvalue weighted by atomic mass is 9.90. The molecule has 0 aliphatic carbocycles. The molecule has 1 aliphatic rings. The standard InChI is InChI=1S/C13H19NO2S/c1-3-17(15,16)14-9-11(2)13(10-14)12-7-5-4-6-8-12/h4-8,11,13H,3,9-10H2,1-2H3. The van der Waals surface area contributed by atoms with Gasteiger partial charge in [-0.05, 0) is 18.4 Å². The quantitative estimate of drug-likeness (QED) is 0.827. The van der Waals surface area contributed by atoms with Gasteiger partial charge < -0.3 is 0 Å². The van der Waals surface area contributed by atoms with E-state index >= 15 is 0 Å². The molecule has 0 bridgehead atoms. The van der Waals surface area contributed by atoms with Crippen LogP contribution >= 0.6 is 0 Å². The van der Waals surface area contributed by atoms with E-state index < -0.39 is 10.0 Å². The zero-order valence-electron chi connectivity index (χ0n) is 10.3. The van der Waals surface area contributed by atoms with Crippen LogP contribution < -0.4 is 0 Å². The molecular formula is C13H19NO2S. The van der Waals surface area contributed by atoms with Crippen LogP contribution in [-0.4, -0.2) is 31.6 Å². The summed E-state index contributed by atoms with van der Waals surface area (Å²) in [6.45, 7) is 5.11. The number of benzene rings is 1. The monoisotopic (exact) mass is 253 g/mol. The lowest BCUT2D eigenvalue weighted by molar-refractivity contribution is 0.465. The molecule has 2 unspecified atom stereocenters. The maximum absolute atomic E-state index is 11.8. The molecule has 94 valence electrons. The van der Waals surface area contributed by atoms with Crippen molar-refractivity contribution in [2.75, 3.05) is 18.8 Å². The lowest BCUT2D eigenvalue weighted by Crippen LogP contribution is -2.30. The molecule has 2 rings (SSSR count). The summed E-state index contributed by atoms with van der Waals surface area (Å²) < 4.78 is 25.3. The van der Waals surface area contributed by atoms with Gasteiger partial charge >= 0.3 is 0 Å². The third kappa shape index (κ3) is 2.53. The topological polar surface area (TPSA) is 37.4 Å². The second-order valence-corrected chi connectivity index (χ2v) is 6.97. The van der Waals surface area contributed by atoms with E-state index in [4.69, 9.17) is 0 Å². The van der Waals surface area contributed by atoms with Crippen molar-refractivity contribution < 1.29 is 8.42 Å². The fourth-order valence-corrected chi connectivity index (χ4v) is 3.68. The van der Waals surface area contributed by atoms with Crippen molar-refractivity contribution in [3.05, 3.63) is 35.9 Å². The molecule has 0 aromatic heterocycles. The van der Waals surface area contributed by atoms with Crippen molar-refractivity contribution in [3.63, 3.8) is 0 Å². The highest BCUT2D eigenvalue weighted by atomic mass is 32.2. The van der Waals surface area contributed by atoms with Crippen LogP contribution in [0.25, 0.3) is 0 Å². The first-order valence-corrected chi connectivity index (χ1v) is 7.68. The number of sulfonamides is 1. The van der Waals surface area contributed by atoms with Crippen LogP contribution in [0.15, 0.2) is 30.3 Å². The minimum absolute atomic E-state index is 0.196. The average molecular weight is 253 g/mol. The third-order valence-corrected chi connectivity index (χ3v) is 5.38. The largest absolute Gasteiger partial charge is 0.213 e. The molecule has 1 aromatic carbocycles. The first kappa shape index (κ1) is 12.6. The SMILES string of the molecule is CCS(=O)(=O)N1CC(C)C(c2ccccc2)C1. The van der Waals surface area contributed by atoms with Crippen LogP contribution in [0.5, 0.6) is 0 Å². The molecule has 1 aliphatic heterocycles. The summed E-state index contributed by atoms with van der Waals surface area (Å²) in [4.78, 5) is 0. The zero-order valence-corrected chi connectivity index (χ0v) is 11.2. The minimum atomic E-state index is -3.04. The Morgan fingerprint density at radius 3 is 2.47 bits per heavy atom. The molecule has 0 N–H and O–H groups in total. The van der Waals surface area contributed by atoms with E-state index in [9.17, 15) is 8.42 Å². The van der Waals surface area contributed by atoms with E-state index in [2.05, 4.69) is 19.1 Å². The Hall–Kier alpha value is -0.870. The van der Waals surface area contributed by atoms with Gasteiger partial charge in [-0.15, -0.1) is 0 Å². The van der Waals surface area contributed by atoms with Gasteiger partial charge in [-0.2, -0.15) is 0 Å². The Labute approximate surface area is 104 Å². The predicted octanol–water partition coefficient (Wildman–Crippen LogP) is 2.07. The molecule has 0 spiro atoms. The van der Waals surface area contributed by atoms with Crippen LogP contribution in [0.3, 0.4) is 0 Å². The molecule has 1 aromatic rings. The van der Waals surface area contributed by atoms with Crippen molar-refractivity contribution in [1.29, 1.82) is 0 Å². The van der Waals surface area contributed by atoms with Gasteiger partial charge in [-0.3, -0.25) is 0 Å². The van der Waals surface area contributed by atoms with Gasteiger partial charge in [0, 0.05) is 19.0 Å². The number of hydrogen-bond acceptors (Lipinski definition) is 2. The van der Waals surface area contributed by atoms with E-state index in [-0.39, 0.29) is 5.75 Å². The highest BCUT2D eigenvalue weighted by Crippen LogP contribution is 2.33. The van der Waals surface area contributed by atoms with Crippen molar-refractivity contribution in [2.45, 2.75) is 19.8 Å². The molecule has 4 heteroatoms. The Balaban J connectivity index is 2.19. The fourth-order valence-electron chi connectivity index (χ4n) is 2.47. The maximum Gasteiger partial charge on any atom is 0.213 e. The van der Waals surface area contributed by atoms with E-state index in [0.29, 0.717) is 24.9 Å². The Morgan fingerprint density at radius 2 is 1.88 bits per heavy atom. The molecule has 2 atom stereocenters. The third-order valence-electron chi connectivity index (χ3n) is 3.56. The summed E-state index contributed by atoms with van der Waals surface area (Å²) in [5.41, 5.74) is 1.24. The summed E-state index contributed by atoms with van der Waals surface area (Å²) in [6.07, 6.45) is 0. The van der Waals surface area contributed by atoms with Crippen LogP contribution in [-0.2, 0) is 10.0 Å². The van der Waals surface area contributed by atoms with E-state index in [1.54, 1.807) is 11.2 Å². The van der Waals surface area contributed by atoms with Crippen molar-refractivity contribution >= 4 is 10.0 Å². The van der Waals surface area contributed by atoms with Crippen LogP contribution in [0.2, 0.25) is 0 Å². The van der Waals surface area contributed by atoms with Crippen LogP contribution in [0.4, 0.5) is 0 Å². The molecule has 17 heavy (non-hydrogen) atoms. The summed E-state index contributed by atoms with van der Waals surface area (Å²) in [6, 6.07) is 10.2. The second kappa shape index (κ2) is 4.78. The first-order valence-electron chi connectivity index (χ1n) is 6.07. The normalized spacial score (nSPS) is 26.2. The molecule has 1 saturated heterocycles. The summed E-state index contributed by atoms with van der Waals surface area (Å²) >= 11 is 0. The van der Waals surface area contributed by atoms with Crippen molar-refractivity contribution in [2.24, 2.45) is 5.92 Å².